The number of benzene rings is 2. The van der Waals surface area contributed by atoms with Crippen LogP contribution in [0.15, 0.2) is 48.5 Å². The summed E-state index contributed by atoms with van der Waals surface area (Å²) in [5.41, 5.74) is 3.27. The SMILES string of the molecule is COc1cc(C(Cl)c2ccccc2)ccc1C. The third-order valence-electron chi connectivity index (χ3n) is 2.82. The highest BCUT2D eigenvalue weighted by molar-refractivity contribution is 6.22. The van der Waals surface area contributed by atoms with Gasteiger partial charge >= 0.3 is 0 Å². The van der Waals surface area contributed by atoms with Crippen molar-refractivity contribution in [1.29, 1.82) is 0 Å². The third kappa shape index (κ3) is 2.62. The van der Waals surface area contributed by atoms with Gasteiger partial charge < -0.3 is 4.74 Å². The van der Waals surface area contributed by atoms with Crippen molar-refractivity contribution in [1.82, 2.24) is 0 Å². The summed E-state index contributed by atoms with van der Waals surface area (Å²) in [5, 5.41) is -0.134. The van der Waals surface area contributed by atoms with Gasteiger partial charge in [-0.1, -0.05) is 42.5 Å². The number of methoxy groups -OCH3 is 1. The molecule has 2 aromatic carbocycles. The van der Waals surface area contributed by atoms with Gasteiger partial charge in [0.1, 0.15) is 5.75 Å². The molecule has 2 aromatic rings. The second-order valence-electron chi connectivity index (χ2n) is 4.00. The molecule has 0 heterocycles. The second kappa shape index (κ2) is 5.24. The summed E-state index contributed by atoms with van der Waals surface area (Å²) < 4.78 is 5.31. The van der Waals surface area contributed by atoms with E-state index in [2.05, 4.69) is 0 Å². The van der Waals surface area contributed by atoms with E-state index >= 15 is 0 Å². The van der Waals surface area contributed by atoms with Crippen LogP contribution < -0.4 is 4.74 Å². The molecule has 0 aliphatic heterocycles. The molecule has 0 saturated heterocycles. The molecule has 0 N–H and O–H groups in total. The number of hydrogen-bond acceptors (Lipinski definition) is 1. The molecule has 0 saturated carbocycles. The monoisotopic (exact) mass is 246 g/mol. The van der Waals surface area contributed by atoms with Crippen LogP contribution in [-0.4, -0.2) is 7.11 Å². The maximum atomic E-state index is 6.46. The number of aryl methyl sites for hydroxylation is 1. The van der Waals surface area contributed by atoms with Gasteiger partial charge in [-0.05, 0) is 29.7 Å². The van der Waals surface area contributed by atoms with E-state index in [0.717, 1.165) is 22.4 Å². The summed E-state index contributed by atoms with van der Waals surface area (Å²) in [5.74, 6) is 0.879. The van der Waals surface area contributed by atoms with Crippen molar-refractivity contribution in [2.45, 2.75) is 12.3 Å². The fraction of sp³-hybridized carbons (Fsp3) is 0.200. The smallest absolute Gasteiger partial charge is 0.122 e. The summed E-state index contributed by atoms with van der Waals surface area (Å²) in [6.45, 7) is 2.02. The fourth-order valence-corrected chi connectivity index (χ4v) is 2.09. The van der Waals surface area contributed by atoms with Crippen molar-refractivity contribution < 1.29 is 4.74 Å². The summed E-state index contributed by atoms with van der Waals surface area (Å²) in [4.78, 5) is 0. The van der Waals surface area contributed by atoms with E-state index in [1.165, 1.54) is 0 Å². The molecule has 2 heteroatoms. The lowest BCUT2D eigenvalue weighted by atomic mass is 10.0. The molecule has 2 rings (SSSR count). The van der Waals surface area contributed by atoms with E-state index in [0.29, 0.717) is 0 Å². The Labute approximate surface area is 107 Å². The van der Waals surface area contributed by atoms with Crippen LogP contribution in [0, 0.1) is 6.92 Å². The van der Waals surface area contributed by atoms with Crippen LogP contribution in [-0.2, 0) is 0 Å². The largest absolute Gasteiger partial charge is 0.496 e. The molecular weight excluding hydrogens is 232 g/mol. The molecule has 0 aromatic heterocycles. The zero-order chi connectivity index (χ0) is 12.3. The Morgan fingerprint density at radius 3 is 2.35 bits per heavy atom. The van der Waals surface area contributed by atoms with Gasteiger partial charge in [0.2, 0.25) is 0 Å². The number of hydrogen-bond donors (Lipinski definition) is 0. The van der Waals surface area contributed by atoms with Crippen LogP contribution in [0.2, 0.25) is 0 Å². The Morgan fingerprint density at radius 2 is 1.71 bits per heavy atom. The first kappa shape index (κ1) is 12.0. The van der Waals surface area contributed by atoms with E-state index in [1.807, 2.05) is 55.5 Å². The molecule has 0 amide bonds. The van der Waals surface area contributed by atoms with E-state index in [-0.39, 0.29) is 5.38 Å². The summed E-state index contributed by atoms with van der Waals surface area (Å²) >= 11 is 6.46. The van der Waals surface area contributed by atoms with Crippen LogP contribution in [0.5, 0.6) is 5.75 Å². The normalized spacial score (nSPS) is 12.2. The number of halogens is 1. The Hall–Kier alpha value is -1.47. The first-order valence-electron chi connectivity index (χ1n) is 5.56. The zero-order valence-electron chi connectivity index (χ0n) is 9.98. The Bertz CT molecular complexity index is 494. The van der Waals surface area contributed by atoms with Crippen LogP contribution in [0.1, 0.15) is 22.1 Å². The van der Waals surface area contributed by atoms with Gasteiger partial charge in [-0.25, -0.2) is 0 Å². The summed E-state index contributed by atoms with van der Waals surface area (Å²) in [7, 11) is 1.68. The lowest BCUT2D eigenvalue weighted by Crippen LogP contribution is -1.95. The molecule has 1 atom stereocenters. The van der Waals surface area contributed by atoms with Gasteiger partial charge in [-0.15, -0.1) is 11.6 Å². The highest BCUT2D eigenvalue weighted by Crippen LogP contribution is 2.31. The van der Waals surface area contributed by atoms with Crippen LogP contribution in [0.4, 0.5) is 0 Å². The molecule has 17 heavy (non-hydrogen) atoms. The van der Waals surface area contributed by atoms with Crippen molar-refractivity contribution in [3.8, 4) is 5.75 Å². The van der Waals surface area contributed by atoms with Gasteiger partial charge in [-0.3, -0.25) is 0 Å². The molecule has 0 bridgehead atoms. The number of rotatable bonds is 3. The molecule has 1 nitrogen and oxygen atoms in total. The van der Waals surface area contributed by atoms with Crippen molar-refractivity contribution in [3.05, 3.63) is 65.2 Å². The standard InChI is InChI=1S/C15H15ClO/c1-11-8-9-13(10-14(11)17-2)15(16)12-6-4-3-5-7-12/h3-10,15H,1-2H3. The molecule has 0 spiro atoms. The van der Waals surface area contributed by atoms with Gasteiger partial charge in [0.25, 0.3) is 0 Å². The topological polar surface area (TPSA) is 9.23 Å². The molecule has 0 fully saturated rings. The van der Waals surface area contributed by atoms with Crippen LogP contribution in [0.25, 0.3) is 0 Å². The van der Waals surface area contributed by atoms with Crippen molar-refractivity contribution in [2.75, 3.05) is 7.11 Å². The molecule has 1 unspecified atom stereocenters. The van der Waals surface area contributed by atoms with Gasteiger partial charge in [-0.2, -0.15) is 0 Å². The Balaban J connectivity index is 2.34. The fourth-order valence-electron chi connectivity index (χ4n) is 1.81. The van der Waals surface area contributed by atoms with Gasteiger partial charge in [0, 0.05) is 0 Å². The number of ether oxygens (including phenoxy) is 1. The van der Waals surface area contributed by atoms with Crippen molar-refractivity contribution in [3.63, 3.8) is 0 Å². The average Bonchev–Trinajstić information content (AvgIpc) is 2.39. The minimum Gasteiger partial charge on any atom is -0.496 e. The molecular formula is C15H15ClO. The minimum absolute atomic E-state index is 0.134. The molecule has 0 radical (unpaired) electrons. The lowest BCUT2D eigenvalue weighted by molar-refractivity contribution is 0.411. The highest BCUT2D eigenvalue weighted by Gasteiger charge is 2.11. The average molecular weight is 247 g/mol. The summed E-state index contributed by atoms with van der Waals surface area (Å²) in [6.07, 6.45) is 0. The zero-order valence-corrected chi connectivity index (χ0v) is 10.7. The van der Waals surface area contributed by atoms with E-state index in [9.17, 15) is 0 Å². The van der Waals surface area contributed by atoms with Gasteiger partial charge in [0.05, 0.1) is 12.5 Å². The van der Waals surface area contributed by atoms with Crippen molar-refractivity contribution in [2.24, 2.45) is 0 Å². The number of alkyl halides is 1. The molecule has 88 valence electrons. The Morgan fingerprint density at radius 1 is 1.00 bits per heavy atom. The highest BCUT2D eigenvalue weighted by atomic mass is 35.5. The first-order chi connectivity index (χ1) is 8.22. The maximum absolute atomic E-state index is 6.46. The predicted octanol–water partition coefficient (Wildman–Crippen LogP) is 4.33. The maximum Gasteiger partial charge on any atom is 0.122 e. The van der Waals surface area contributed by atoms with E-state index in [1.54, 1.807) is 7.11 Å². The Kier molecular flexibility index (Phi) is 3.70. The second-order valence-corrected chi connectivity index (χ2v) is 4.44. The molecule has 0 aliphatic carbocycles. The van der Waals surface area contributed by atoms with Crippen molar-refractivity contribution >= 4 is 11.6 Å². The quantitative estimate of drug-likeness (QED) is 0.733. The lowest BCUT2D eigenvalue weighted by Gasteiger charge is -2.13. The third-order valence-corrected chi connectivity index (χ3v) is 3.32. The van der Waals surface area contributed by atoms with Gasteiger partial charge in [0.15, 0.2) is 0 Å². The predicted molar refractivity (Wildman–Crippen MR) is 71.9 cm³/mol. The van der Waals surface area contributed by atoms with E-state index < -0.39 is 0 Å². The van der Waals surface area contributed by atoms with Crippen LogP contribution in [0.3, 0.4) is 0 Å². The summed E-state index contributed by atoms with van der Waals surface area (Å²) in [6, 6.07) is 16.1. The first-order valence-corrected chi connectivity index (χ1v) is 5.99. The van der Waals surface area contributed by atoms with E-state index in [4.69, 9.17) is 16.3 Å². The molecule has 0 aliphatic rings. The minimum atomic E-state index is -0.134. The van der Waals surface area contributed by atoms with Crippen LogP contribution >= 0.6 is 11.6 Å².